The molecule has 0 atom stereocenters. The molecule has 0 aliphatic heterocycles. The first kappa shape index (κ1) is 11.9. The zero-order valence-corrected chi connectivity index (χ0v) is 12.4. The lowest BCUT2D eigenvalue weighted by Gasteiger charge is -2.07. The summed E-state index contributed by atoms with van der Waals surface area (Å²) < 4.78 is 1.12. The lowest BCUT2D eigenvalue weighted by Crippen LogP contribution is -1.85. The maximum absolute atomic E-state index is 3.62. The Morgan fingerprint density at radius 1 is 0.750 bits per heavy atom. The molecule has 0 N–H and O–H groups in total. The molecular formula is C19H12Br. The van der Waals surface area contributed by atoms with Gasteiger partial charge in [0.2, 0.25) is 0 Å². The Morgan fingerprint density at radius 2 is 1.50 bits per heavy atom. The average molecular weight is 320 g/mol. The lowest BCUT2D eigenvalue weighted by atomic mass is 9.99. The summed E-state index contributed by atoms with van der Waals surface area (Å²) in [5.41, 5.74) is 7.76. The predicted molar refractivity (Wildman–Crippen MR) is 86.7 cm³/mol. The highest BCUT2D eigenvalue weighted by Crippen LogP contribution is 2.39. The van der Waals surface area contributed by atoms with E-state index in [0.717, 1.165) is 16.5 Å². The molecule has 3 aromatic carbocycles. The Balaban J connectivity index is 1.85. The minimum absolute atomic E-state index is 0.990. The molecule has 1 radical (unpaired) electrons. The standard InChI is InChI=1S/C19H12Br/c20-19-8-4-3-7-18(19)14-9-10-17-15(12-14)11-13-5-1-2-6-16(13)17/h1-10H,11H2. The summed E-state index contributed by atoms with van der Waals surface area (Å²) in [4.78, 5) is 0. The Kier molecular flexibility index (Phi) is 2.75. The van der Waals surface area contributed by atoms with E-state index in [1.54, 1.807) is 0 Å². The van der Waals surface area contributed by atoms with Gasteiger partial charge in [0.25, 0.3) is 0 Å². The first-order valence-electron chi connectivity index (χ1n) is 6.71. The number of rotatable bonds is 1. The summed E-state index contributed by atoms with van der Waals surface area (Å²) in [7, 11) is 0. The maximum Gasteiger partial charge on any atom is 0.0253 e. The molecule has 1 heteroatoms. The second kappa shape index (κ2) is 4.60. The fourth-order valence-corrected chi connectivity index (χ4v) is 3.39. The van der Waals surface area contributed by atoms with Crippen molar-refractivity contribution >= 4 is 15.9 Å². The highest BCUT2D eigenvalue weighted by Gasteiger charge is 2.18. The van der Waals surface area contributed by atoms with Crippen LogP contribution in [0.1, 0.15) is 11.1 Å². The highest BCUT2D eigenvalue weighted by atomic mass is 79.9. The number of halogens is 1. The van der Waals surface area contributed by atoms with Gasteiger partial charge in [-0.25, -0.2) is 0 Å². The SMILES string of the molecule is Brc1ccccc1-c1[c]c2c(cc1)-c1ccccc1C2. The van der Waals surface area contributed by atoms with Crippen LogP contribution in [0.3, 0.4) is 0 Å². The van der Waals surface area contributed by atoms with Crippen LogP contribution in [0.2, 0.25) is 0 Å². The van der Waals surface area contributed by atoms with Crippen molar-refractivity contribution in [2.45, 2.75) is 6.42 Å². The topological polar surface area (TPSA) is 0 Å². The van der Waals surface area contributed by atoms with E-state index in [2.05, 4.69) is 76.6 Å². The van der Waals surface area contributed by atoms with Gasteiger partial charge in [0.15, 0.2) is 0 Å². The zero-order valence-electron chi connectivity index (χ0n) is 10.9. The van der Waals surface area contributed by atoms with Crippen molar-refractivity contribution < 1.29 is 0 Å². The monoisotopic (exact) mass is 319 g/mol. The third-order valence-corrected chi connectivity index (χ3v) is 4.56. The molecule has 0 amide bonds. The third-order valence-electron chi connectivity index (χ3n) is 3.87. The van der Waals surface area contributed by atoms with Crippen LogP contribution >= 0.6 is 15.9 Å². The molecule has 0 saturated heterocycles. The fourth-order valence-electron chi connectivity index (χ4n) is 2.89. The van der Waals surface area contributed by atoms with Crippen LogP contribution in [0.5, 0.6) is 0 Å². The van der Waals surface area contributed by atoms with Crippen LogP contribution < -0.4 is 0 Å². The van der Waals surface area contributed by atoms with E-state index >= 15 is 0 Å². The molecule has 1 aliphatic carbocycles. The second-order valence-electron chi connectivity index (χ2n) is 5.08. The van der Waals surface area contributed by atoms with Gasteiger partial charge in [-0.15, -0.1) is 0 Å². The largest absolute Gasteiger partial charge is 0.0619 e. The van der Waals surface area contributed by atoms with Crippen LogP contribution in [0, 0.1) is 6.07 Å². The zero-order chi connectivity index (χ0) is 13.5. The number of fused-ring (bicyclic) bond motifs is 3. The van der Waals surface area contributed by atoms with Crippen molar-refractivity contribution in [1.29, 1.82) is 0 Å². The predicted octanol–water partition coefficient (Wildman–Crippen LogP) is 5.49. The number of hydrogen-bond donors (Lipinski definition) is 0. The Morgan fingerprint density at radius 3 is 2.35 bits per heavy atom. The Bertz CT molecular complexity index is 802. The Hall–Kier alpha value is -1.86. The summed E-state index contributed by atoms with van der Waals surface area (Å²) in [6.07, 6.45) is 0.990. The maximum atomic E-state index is 3.62. The lowest BCUT2D eigenvalue weighted by molar-refractivity contribution is 1.26. The van der Waals surface area contributed by atoms with E-state index in [-0.39, 0.29) is 0 Å². The molecule has 0 fully saturated rings. The molecule has 0 unspecified atom stereocenters. The van der Waals surface area contributed by atoms with Crippen molar-refractivity contribution in [2.75, 3.05) is 0 Å². The van der Waals surface area contributed by atoms with Gasteiger partial charge in [0.1, 0.15) is 0 Å². The van der Waals surface area contributed by atoms with Gasteiger partial charge in [-0.05, 0) is 51.9 Å². The highest BCUT2D eigenvalue weighted by molar-refractivity contribution is 9.10. The molecule has 0 spiro atoms. The van der Waals surface area contributed by atoms with Gasteiger partial charge < -0.3 is 0 Å². The molecule has 0 saturated carbocycles. The van der Waals surface area contributed by atoms with Gasteiger partial charge in [0.05, 0.1) is 0 Å². The van der Waals surface area contributed by atoms with Crippen molar-refractivity contribution in [3.63, 3.8) is 0 Å². The van der Waals surface area contributed by atoms with Crippen LogP contribution in [-0.4, -0.2) is 0 Å². The van der Waals surface area contributed by atoms with Crippen molar-refractivity contribution in [3.8, 4) is 22.3 Å². The van der Waals surface area contributed by atoms with Gasteiger partial charge in [-0.3, -0.25) is 0 Å². The quantitative estimate of drug-likeness (QED) is 0.435. The van der Waals surface area contributed by atoms with Crippen LogP contribution in [0.15, 0.2) is 65.1 Å². The second-order valence-corrected chi connectivity index (χ2v) is 5.93. The molecule has 95 valence electrons. The Labute approximate surface area is 127 Å². The van der Waals surface area contributed by atoms with Gasteiger partial charge in [0, 0.05) is 4.47 Å². The van der Waals surface area contributed by atoms with E-state index in [1.807, 2.05) is 6.07 Å². The summed E-state index contributed by atoms with van der Waals surface area (Å²) in [6.45, 7) is 0. The molecule has 0 bridgehead atoms. The van der Waals surface area contributed by atoms with E-state index in [0.29, 0.717) is 0 Å². The van der Waals surface area contributed by atoms with E-state index < -0.39 is 0 Å². The summed E-state index contributed by atoms with van der Waals surface area (Å²) in [6, 6.07) is 24.9. The molecular weight excluding hydrogens is 308 g/mol. The van der Waals surface area contributed by atoms with Crippen molar-refractivity contribution in [3.05, 3.63) is 82.3 Å². The molecule has 0 aromatic heterocycles. The van der Waals surface area contributed by atoms with Gasteiger partial charge >= 0.3 is 0 Å². The van der Waals surface area contributed by atoms with E-state index in [9.17, 15) is 0 Å². The molecule has 4 rings (SSSR count). The minimum Gasteiger partial charge on any atom is -0.0619 e. The fraction of sp³-hybridized carbons (Fsp3) is 0.0526. The normalized spacial score (nSPS) is 12.1. The van der Waals surface area contributed by atoms with Crippen LogP contribution in [0.4, 0.5) is 0 Å². The summed E-state index contributed by atoms with van der Waals surface area (Å²) in [5.74, 6) is 0. The molecule has 0 heterocycles. The third kappa shape index (κ3) is 1.82. The van der Waals surface area contributed by atoms with E-state index in [4.69, 9.17) is 0 Å². The first-order chi connectivity index (χ1) is 9.83. The first-order valence-corrected chi connectivity index (χ1v) is 7.50. The summed E-state index contributed by atoms with van der Waals surface area (Å²) in [5, 5.41) is 0. The van der Waals surface area contributed by atoms with Crippen LogP contribution in [-0.2, 0) is 6.42 Å². The smallest absolute Gasteiger partial charge is 0.0253 e. The number of benzene rings is 3. The van der Waals surface area contributed by atoms with Gasteiger partial charge in [-0.1, -0.05) is 70.5 Å². The van der Waals surface area contributed by atoms with Gasteiger partial charge in [-0.2, -0.15) is 0 Å². The molecule has 3 aromatic rings. The summed E-state index contributed by atoms with van der Waals surface area (Å²) >= 11 is 3.62. The number of hydrogen-bond acceptors (Lipinski definition) is 0. The minimum atomic E-state index is 0.990. The van der Waals surface area contributed by atoms with Crippen molar-refractivity contribution in [2.24, 2.45) is 0 Å². The van der Waals surface area contributed by atoms with E-state index in [1.165, 1.54) is 27.8 Å². The van der Waals surface area contributed by atoms with Crippen molar-refractivity contribution in [1.82, 2.24) is 0 Å². The average Bonchev–Trinajstić information content (AvgIpc) is 2.85. The molecule has 20 heavy (non-hydrogen) atoms. The van der Waals surface area contributed by atoms with Crippen LogP contribution in [0.25, 0.3) is 22.3 Å². The molecule has 0 nitrogen and oxygen atoms in total. The molecule has 1 aliphatic rings.